The molecule has 1 heterocycles. The molecule has 1 aromatic rings. The van der Waals surface area contributed by atoms with E-state index in [4.69, 9.17) is 4.74 Å². The highest BCUT2D eigenvalue weighted by Gasteiger charge is 1.95. The van der Waals surface area contributed by atoms with Crippen molar-refractivity contribution in [2.45, 2.75) is 6.61 Å². The van der Waals surface area contributed by atoms with Crippen molar-refractivity contribution in [3.05, 3.63) is 28.0 Å². The van der Waals surface area contributed by atoms with Gasteiger partial charge in [-0.05, 0) is 17.0 Å². The molecule has 1 rings (SSSR count). The van der Waals surface area contributed by atoms with E-state index < -0.39 is 0 Å². The van der Waals surface area contributed by atoms with Crippen molar-refractivity contribution in [2.75, 3.05) is 12.9 Å². The molecule has 0 spiro atoms. The molecule has 0 aliphatic carbocycles. The maximum Gasteiger partial charge on any atom is 0.0805 e. The van der Waals surface area contributed by atoms with E-state index in [2.05, 4.69) is 30.2 Å². The van der Waals surface area contributed by atoms with Gasteiger partial charge in [-0.25, -0.2) is 0 Å². The normalized spacial score (nSPS) is 11.2. The van der Waals surface area contributed by atoms with Crippen molar-refractivity contribution in [3.63, 3.8) is 0 Å². The van der Waals surface area contributed by atoms with Crippen LogP contribution in [-0.2, 0) is 11.3 Å². The largest absolute Gasteiger partial charge is 0.379 e. The first-order valence-electron chi connectivity index (χ1n) is 3.70. The zero-order chi connectivity index (χ0) is 8.81. The molecule has 0 amide bonds. The Bertz CT molecular complexity index is 253. The molecule has 0 radical (unpaired) electrons. The molecule has 12 heavy (non-hydrogen) atoms. The summed E-state index contributed by atoms with van der Waals surface area (Å²) in [6, 6.07) is 2.13. The second-order valence-electron chi connectivity index (χ2n) is 2.36. The zero-order valence-electron chi connectivity index (χ0n) is 6.99. The summed E-state index contributed by atoms with van der Waals surface area (Å²) in [7, 11) is 1.71. The molecule has 0 bridgehead atoms. The summed E-state index contributed by atoms with van der Waals surface area (Å²) in [4.78, 5) is 1.26. The van der Waals surface area contributed by atoms with Crippen LogP contribution in [-0.4, -0.2) is 12.9 Å². The van der Waals surface area contributed by atoms with Gasteiger partial charge >= 0.3 is 0 Å². The molecule has 66 valence electrons. The lowest BCUT2D eigenvalue weighted by Gasteiger charge is -1.90. The first-order chi connectivity index (χ1) is 5.86. The molecular weight excluding hydrogens is 188 g/mol. The number of thiophene rings is 1. The third-order valence-corrected chi connectivity index (χ3v) is 2.52. The molecule has 0 N–H and O–H groups in total. The third kappa shape index (κ3) is 3.01. The molecule has 0 saturated heterocycles. The average molecular weight is 200 g/mol. The van der Waals surface area contributed by atoms with E-state index in [-0.39, 0.29) is 0 Å². The van der Waals surface area contributed by atoms with E-state index in [1.165, 1.54) is 10.4 Å². The van der Waals surface area contributed by atoms with Crippen LogP contribution in [0, 0.1) is 0 Å². The lowest BCUT2D eigenvalue weighted by atomic mass is 10.3. The summed E-state index contributed by atoms with van der Waals surface area (Å²) in [5.41, 5.74) is 1.24. The summed E-state index contributed by atoms with van der Waals surface area (Å²) in [6.45, 7) is 0.708. The van der Waals surface area contributed by atoms with Crippen LogP contribution in [0.15, 0.2) is 17.5 Å². The molecule has 0 saturated carbocycles. The molecule has 1 aromatic heterocycles. The van der Waals surface area contributed by atoms with Gasteiger partial charge < -0.3 is 4.74 Å². The van der Waals surface area contributed by atoms with Gasteiger partial charge in [0.1, 0.15) is 0 Å². The molecule has 0 unspecified atom stereocenters. The smallest absolute Gasteiger partial charge is 0.0805 e. The van der Waals surface area contributed by atoms with Crippen LogP contribution >= 0.6 is 24.0 Å². The summed E-state index contributed by atoms with van der Waals surface area (Å²) in [6.07, 6.45) is 4.10. The maximum absolute atomic E-state index is 5.02. The maximum atomic E-state index is 5.02. The fraction of sp³-hybridized carbons (Fsp3) is 0.333. The van der Waals surface area contributed by atoms with Crippen LogP contribution in [0.1, 0.15) is 10.4 Å². The van der Waals surface area contributed by atoms with Crippen LogP contribution in [0.3, 0.4) is 0 Å². The monoisotopic (exact) mass is 200 g/mol. The van der Waals surface area contributed by atoms with Gasteiger partial charge in [-0.15, -0.1) is 11.3 Å². The van der Waals surface area contributed by atoms with Gasteiger partial charge in [-0.2, -0.15) is 12.6 Å². The topological polar surface area (TPSA) is 9.23 Å². The Morgan fingerprint density at radius 2 is 2.50 bits per heavy atom. The van der Waals surface area contributed by atoms with Crippen LogP contribution in [0.2, 0.25) is 0 Å². The van der Waals surface area contributed by atoms with Crippen molar-refractivity contribution in [1.82, 2.24) is 0 Å². The van der Waals surface area contributed by atoms with Crippen LogP contribution in [0.5, 0.6) is 0 Å². The number of ether oxygens (including phenoxy) is 1. The lowest BCUT2D eigenvalue weighted by molar-refractivity contribution is 0.187. The lowest BCUT2D eigenvalue weighted by Crippen LogP contribution is -1.80. The molecule has 0 atom stereocenters. The summed E-state index contributed by atoms with van der Waals surface area (Å²) >= 11 is 5.81. The number of rotatable bonds is 4. The summed E-state index contributed by atoms with van der Waals surface area (Å²) < 4.78 is 5.02. The average Bonchev–Trinajstić information content (AvgIpc) is 2.50. The Kier molecular flexibility index (Phi) is 4.43. The van der Waals surface area contributed by atoms with Crippen LogP contribution in [0.25, 0.3) is 6.08 Å². The molecule has 0 fully saturated rings. The predicted molar refractivity (Wildman–Crippen MR) is 57.9 cm³/mol. The highest BCUT2D eigenvalue weighted by Crippen LogP contribution is 2.16. The molecule has 3 heteroatoms. The fourth-order valence-corrected chi connectivity index (χ4v) is 1.82. The Morgan fingerprint density at radius 1 is 1.67 bits per heavy atom. The van der Waals surface area contributed by atoms with Crippen molar-refractivity contribution in [3.8, 4) is 0 Å². The van der Waals surface area contributed by atoms with Gasteiger partial charge in [0.2, 0.25) is 0 Å². The van der Waals surface area contributed by atoms with E-state index in [0.717, 1.165) is 5.75 Å². The number of thiol groups is 1. The van der Waals surface area contributed by atoms with E-state index in [1.807, 2.05) is 6.08 Å². The molecular formula is C9H12OS2. The second kappa shape index (κ2) is 5.41. The first kappa shape index (κ1) is 9.84. The van der Waals surface area contributed by atoms with Crippen LogP contribution < -0.4 is 0 Å². The summed E-state index contributed by atoms with van der Waals surface area (Å²) in [5.74, 6) is 0.787. The molecule has 0 aromatic carbocycles. The summed E-state index contributed by atoms with van der Waals surface area (Å²) in [5, 5.41) is 2.12. The number of methoxy groups -OCH3 is 1. The Labute approximate surface area is 82.5 Å². The highest BCUT2D eigenvalue weighted by atomic mass is 32.1. The van der Waals surface area contributed by atoms with Gasteiger partial charge in [-0.1, -0.05) is 12.2 Å². The SMILES string of the molecule is COCc1cc(C=CCS)cs1. The van der Waals surface area contributed by atoms with Gasteiger partial charge in [0.25, 0.3) is 0 Å². The molecule has 0 aliphatic heterocycles. The van der Waals surface area contributed by atoms with Gasteiger partial charge in [0.05, 0.1) is 6.61 Å². The Balaban J connectivity index is 2.57. The minimum Gasteiger partial charge on any atom is -0.379 e. The third-order valence-electron chi connectivity index (χ3n) is 1.38. The van der Waals surface area contributed by atoms with Gasteiger partial charge in [0, 0.05) is 17.7 Å². The van der Waals surface area contributed by atoms with Crippen LogP contribution in [0.4, 0.5) is 0 Å². The van der Waals surface area contributed by atoms with Crippen molar-refractivity contribution in [1.29, 1.82) is 0 Å². The Morgan fingerprint density at radius 3 is 3.17 bits per heavy atom. The van der Waals surface area contributed by atoms with E-state index >= 15 is 0 Å². The number of hydrogen-bond donors (Lipinski definition) is 1. The second-order valence-corrected chi connectivity index (χ2v) is 3.73. The zero-order valence-corrected chi connectivity index (χ0v) is 8.70. The van der Waals surface area contributed by atoms with Crippen molar-refractivity contribution in [2.24, 2.45) is 0 Å². The van der Waals surface area contributed by atoms with E-state index in [9.17, 15) is 0 Å². The Hall–Kier alpha value is -0.250. The minimum atomic E-state index is 0.708. The highest BCUT2D eigenvalue weighted by molar-refractivity contribution is 7.80. The molecule has 0 aliphatic rings. The molecule has 1 nitrogen and oxygen atoms in total. The predicted octanol–water partition coefficient (Wildman–Crippen LogP) is 2.84. The van der Waals surface area contributed by atoms with Gasteiger partial charge in [0.15, 0.2) is 0 Å². The minimum absolute atomic E-state index is 0.708. The van der Waals surface area contributed by atoms with E-state index in [0.29, 0.717) is 6.61 Å². The van der Waals surface area contributed by atoms with Crippen molar-refractivity contribution >= 4 is 30.0 Å². The first-order valence-corrected chi connectivity index (χ1v) is 5.21. The standard InChI is InChI=1S/C9H12OS2/c1-10-6-9-5-8(7-12-9)3-2-4-11/h2-3,5,7,11H,4,6H2,1H3. The quantitative estimate of drug-likeness (QED) is 0.735. The van der Waals surface area contributed by atoms with E-state index in [1.54, 1.807) is 18.4 Å². The fourth-order valence-electron chi connectivity index (χ4n) is 0.892. The number of hydrogen-bond acceptors (Lipinski definition) is 3. The van der Waals surface area contributed by atoms with Gasteiger partial charge in [-0.3, -0.25) is 0 Å². The van der Waals surface area contributed by atoms with Crippen molar-refractivity contribution < 1.29 is 4.74 Å².